The molecule has 0 amide bonds. The van der Waals surface area contributed by atoms with Crippen LogP contribution in [-0.4, -0.2) is 29.6 Å². The van der Waals surface area contributed by atoms with Crippen molar-refractivity contribution in [3.8, 4) is 5.75 Å². The molecule has 1 atom stereocenters. The zero-order chi connectivity index (χ0) is 15.2. The molecule has 0 aliphatic carbocycles. The van der Waals surface area contributed by atoms with E-state index < -0.39 is 0 Å². The summed E-state index contributed by atoms with van der Waals surface area (Å²) in [6.07, 6.45) is 4.97. The Kier molecular flexibility index (Phi) is 5.12. The van der Waals surface area contributed by atoms with Crippen molar-refractivity contribution in [3.05, 3.63) is 65.7 Å². The average Bonchev–Trinajstić information content (AvgIpc) is 3.02. The largest absolute Gasteiger partial charge is 0.508 e. The Bertz CT molecular complexity index is 564. The van der Waals surface area contributed by atoms with Gasteiger partial charge in [0.25, 0.3) is 0 Å². The lowest BCUT2D eigenvalue weighted by Gasteiger charge is -2.16. The van der Waals surface area contributed by atoms with Crippen LogP contribution in [-0.2, 0) is 6.42 Å². The van der Waals surface area contributed by atoms with Crippen molar-refractivity contribution < 1.29 is 5.11 Å². The van der Waals surface area contributed by atoms with E-state index in [0.717, 1.165) is 6.54 Å². The van der Waals surface area contributed by atoms with E-state index in [-0.39, 0.29) is 0 Å². The number of phenols is 1. The van der Waals surface area contributed by atoms with E-state index in [2.05, 4.69) is 47.4 Å². The number of likely N-dealkylation sites (tertiary alicyclic amines) is 1. The van der Waals surface area contributed by atoms with Gasteiger partial charge in [0.2, 0.25) is 0 Å². The predicted octanol–water partition coefficient (Wildman–Crippen LogP) is 4.20. The first-order valence-electron chi connectivity index (χ1n) is 8.36. The van der Waals surface area contributed by atoms with Crippen molar-refractivity contribution in [3.63, 3.8) is 0 Å². The summed E-state index contributed by atoms with van der Waals surface area (Å²) in [5, 5.41) is 9.38. The highest BCUT2D eigenvalue weighted by Gasteiger charge is 2.23. The second kappa shape index (κ2) is 7.46. The van der Waals surface area contributed by atoms with E-state index in [9.17, 15) is 5.11 Å². The van der Waals surface area contributed by atoms with E-state index >= 15 is 0 Å². The molecule has 2 nitrogen and oxygen atoms in total. The normalized spacial score (nSPS) is 18.6. The highest BCUT2D eigenvalue weighted by atomic mass is 16.3. The third kappa shape index (κ3) is 4.11. The van der Waals surface area contributed by atoms with Crippen LogP contribution in [0.1, 0.15) is 36.3 Å². The van der Waals surface area contributed by atoms with Gasteiger partial charge in [-0.1, -0.05) is 42.5 Å². The second-order valence-electron chi connectivity index (χ2n) is 6.32. The zero-order valence-corrected chi connectivity index (χ0v) is 13.1. The van der Waals surface area contributed by atoms with Crippen LogP contribution < -0.4 is 0 Å². The van der Waals surface area contributed by atoms with Gasteiger partial charge in [0.05, 0.1) is 0 Å². The van der Waals surface area contributed by atoms with Crippen LogP contribution >= 0.6 is 0 Å². The lowest BCUT2D eigenvalue weighted by atomic mass is 9.98. The summed E-state index contributed by atoms with van der Waals surface area (Å²) in [4.78, 5) is 2.59. The van der Waals surface area contributed by atoms with Gasteiger partial charge >= 0.3 is 0 Å². The van der Waals surface area contributed by atoms with Crippen molar-refractivity contribution in [2.24, 2.45) is 0 Å². The highest BCUT2D eigenvalue weighted by Crippen LogP contribution is 2.28. The van der Waals surface area contributed by atoms with Gasteiger partial charge in [-0.25, -0.2) is 0 Å². The topological polar surface area (TPSA) is 23.5 Å². The maximum absolute atomic E-state index is 9.38. The molecule has 1 aliphatic heterocycles. The van der Waals surface area contributed by atoms with Gasteiger partial charge in [0, 0.05) is 6.54 Å². The number of nitrogens with zero attached hydrogens (tertiary/aromatic N) is 1. The highest BCUT2D eigenvalue weighted by molar-refractivity contribution is 5.29. The van der Waals surface area contributed by atoms with Gasteiger partial charge in [-0.15, -0.1) is 0 Å². The van der Waals surface area contributed by atoms with Crippen molar-refractivity contribution in [2.75, 3.05) is 19.6 Å². The molecule has 1 heterocycles. The van der Waals surface area contributed by atoms with Crippen LogP contribution in [0, 0.1) is 0 Å². The fourth-order valence-electron chi connectivity index (χ4n) is 3.36. The number of benzene rings is 2. The van der Waals surface area contributed by atoms with Crippen molar-refractivity contribution in [2.45, 2.75) is 31.6 Å². The minimum Gasteiger partial charge on any atom is -0.508 e. The molecule has 116 valence electrons. The van der Waals surface area contributed by atoms with E-state index in [1.54, 1.807) is 12.1 Å². The lowest BCUT2D eigenvalue weighted by molar-refractivity contribution is 0.326. The smallest absolute Gasteiger partial charge is 0.115 e. The van der Waals surface area contributed by atoms with Crippen LogP contribution in [0.4, 0.5) is 0 Å². The van der Waals surface area contributed by atoms with Crippen LogP contribution in [0.2, 0.25) is 0 Å². The van der Waals surface area contributed by atoms with Gasteiger partial charge in [-0.3, -0.25) is 0 Å². The number of aromatic hydroxyl groups is 1. The van der Waals surface area contributed by atoms with Crippen LogP contribution in [0.15, 0.2) is 54.6 Å². The maximum atomic E-state index is 9.38. The minimum absolute atomic E-state index is 0.361. The SMILES string of the molecule is Oc1ccc([C@H]2CCN(CCCCc3ccccc3)C2)cc1. The summed E-state index contributed by atoms with van der Waals surface area (Å²) in [5.74, 6) is 0.995. The molecule has 2 aromatic carbocycles. The van der Waals surface area contributed by atoms with E-state index in [0.29, 0.717) is 11.7 Å². The quantitative estimate of drug-likeness (QED) is 0.807. The van der Waals surface area contributed by atoms with Gasteiger partial charge in [-0.05, 0) is 68.0 Å². The fourth-order valence-corrected chi connectivity index (χ4v) is 3.36. The first-order chi connectivity index (χ1) is 10.8. The summed E-state index contributed by atoms with van der Waals surface area (Å²) in [6.45, 7) is 3.58. The molecule has 1 aliphatic rings. The average molecular weight is 295 g/mol. The van der Waals surface area contributed by atoms with Gasteiger partial charge in [0.15, 0.2) is 0 Å². The zero-order valence-electron chi connectivity index (χ0n) is 13.1. The third-order valence-corrected chi connectivity index (χ3v) is 4.67. The summed E-state index contributed by atoms with van der Waals surface area (Å²) >= 11 is 0. The van der Waals surface area contributed by atoms with Gasteiger partial charge < -0.3 is 10.0 Å². The minimum atomic E-state index is 0.361. The molecule has 3 rings (SSSR count). The number of unbranched alkanes of at least 4 members (excludes halogenated alkanes) is 1. The molecular weight excluding hydrogens is 270 g/mol. The Morgan fingerprint density at radius 2 is 1.73 bits per heavy atom. The molecule has 0 saturated carbocycles. The van der Waals surface area contributed by atoms with Crippen LogP contribution in [0.25, 0.3) is 0 Å². The number of rotatable bonds is 6. The summed E-state index contributed by atoms with van der Waals surface area (Å²) in [5.41, 5.74) is 2.82. The first-order valence-corrected chi connectivity index (χ1v) is 8.36. The molecule has 22 heavy (non-hydrogen) atoms. The number of hydrogen-bond donors (Lipinski definition) is 1. The Hall–Kier alpha value is -1.80. The molecule has 0 unspecified atom stereocenters. The summed E-state index contributed by atoms with van der Waals surface area (Å²) in [7, 11) is 0. The molecule has 1 saturated heterocycles. The van der Waals surface area contributed by atoms with Crippen molar-refractivity contribution in [1.29, 1.82) is 0 Å². The first kappa shape index (κ1) is 15.1. The maximum Gasteiger partial charge on any atom is 0.115 e. The Morgan fingerprint density at radius 3 is 2.50 bits per heavy atom. The van der Waals surface area contributed by atoms with Gasteiger partial charge in [0.1, 0.15) is 5.75 Å². The summed E-state index contributed by atoms with van der Waals surface area (Å²) in [6, 6.07) is 18.5. The number of aryl methyl sites for hydroxylation is 1. The Morgan fingerprint density at radius 1 is 0.955 bits per heavy atom. The van der Waals surface area contributed by atoms with Gasteiger partial charge in [-0.2, -0.15) is 0 Å². The second-order valence-corrected chi connectivity index (χ2v) is 6.32. The molecule has 0 spiro atoms. The molecule has 2 heteroatoms. The molecule has 0 radical (unpaired) electrons. The Balaban J connectivity index is 1.39. The summed E-state index contributed by atoms with van der Waals surface area (Å²) < 4.78 is 0. The van der Waals surface area contributed by atoms with Crippen molar-refractivity contribution in [1.82, 2.24) is 4.90 Å². The molecule has 1 fully saturated rings. The number of hydrogen-bond acceptors (Lipinski definition) is 2. The Labute approximate surface area is 133 Å². The van der Waals surface area contributed by atoms with Crippen molar-refractivity contribution >= 4 is 0 Å². The van der Waals surface area contributed by atoms with E-state index in [1.165, 1.54) is 49.9 Å². The molecular formula is C20H25NO. The third-order valence-electron chi connectivity index (χ3n) is 4.67. The lowest BCUT2D eigenvalue weighted by Crippen LogP contribution is -2.21. The standard InChI is InChI=1S/C20H25NO/c22-20-11-9-18(10-12-20)19-13-15-21(16-19)14-5-4-8-17-6-2-1-3-7-17/h1-3,6-7,9-12,19,22H,4-5,8,13-16H2/t19-/m0/s1. The number of phenolic OH excluding ortho intramolecular Hbond substituents is 1. The van der Waals surface area contributed by atoms with Crippen LogP contribution in [0.5, 0.6) is 5.75 Å². The van der Waals surface area contributed by atoms with E-state index in [4.69, 9.17) is 0 Å². The fraction of sp³-hybridized carbons (Fsp3) is 0.400. The molecule has 0 bridgehead atoms. The molecule has 1 N–H and O–H groups in total. The predicted molar refractivity (Wildman–Crippen MR) is 91.3 cm³/mol. The van der Waals surface area contributed by atoms with Crippen LogP contribution in [0.3, 0.4) is 0 Å². The molecule has 2 aromatic rings. The van der Waals surface area contributed by atoms with E-state index in [1.807, 2.05) is 0 Å². The molecule has 0 aromatic heterocycles. The monoisotopic (exact) mass is 295 g/mol.